The first-order valence-corrected chi connectivity index (χ1v) is 5.93. The molecule has 1 aromatic heterocycles. The van der Waals surface area contributed by atoms with E-state index in [4.69, 9.17) is 10.5 Å². The van der Waals surface area contributed by atoms with Crippen molar-refractivity contribution in [3.8, 4) is 0 Å². The Balaban J connectivity index is 2.18. The fourth-order valence-corrected chi connectivity index (χ4v) is 1.83. The number of anilines is 2. The van der Waals surface area contributed by atoms with Crippen molar-refractivity contribution in [3.63, 3.8) is 0 Å². The first-order chi connectivity index (χ1) is 8.70. The minimum Gasteiger partial charge on any atom is -0.399 e. The van der Waals surface area contributed by atoms with Gasteiger partial charge in [0.2, 0.25) is 0 Å². The molecule has 0 saturated carbocycles. The summed E-state index contributed by atoms with van der Waals surface area (Å²) in [4.78, 5) is 8.48. The Labute approximate surface area is 106 Å². The van der Waals surface area contributed by atoms with Crippen molar-refractivity contribution in [3.05, 3.63) is 24.5 Å². The van der Waals surface area contributed by atoms with Gasteiger partial charge in [-0.2, -0.15) is 0 Å². The summed E-state index contributed by atoms with van der Waals surface area (Å²) in [5.74, 6) is 1.26. The molecule has 0 fully saturated rings. The topological polar surface area (TPSA) is 73.1 Å². The maximum absolute atomic E-state index is 5.74. The monoisotopic (exact) mass is 246 g/mol. The van der Waals surface area contributed by atoms with Crippen LogP contribution in [0.5, 0.6) is 0 Å². The zero-order valence-electron chi connectivity index (χ0n) is 10.7. The largest absolute Gasteiger partial charge is 0.399 e. The van der Waals surface area contributed by atoms with Crippen molar-refractivity contribution in [1.82, 2.24) is 9.97 Å². The molecule has 1 atom stereocenters. The van der Waals surface area contributed by atoms with Gasteiger partial charge in [-0.05, 0) is 24.1 Å². The van der Waals surface area contributed by atoms with Gasteiger partial charge in [0.15, 0.2) is 0 Å². The quantitative estimate of drug-likeness (QED) is 0.788. The summed E-state index contributed by atoms with van der Waals surface area (Å²) in [6.45, 7) is 3.66. The van der Waals surface area contributed by atoms with Crippen LogP contribution < -0.4 is 11.1 Å². The van der Waals surface area contributed by atoms with Crippen molar-refractivity contribution in [1.29, 1.82) is 0 Å². The first kappa shape index (κ1) is 12.6. The van der Waals surface area contributed by atoms with Crippen molar-refractivity contribution in [2.45, 2.75) is 6.92 Å². The fraction of sp³-hybridized carbons (Fsp3) is 0.385. The predicted molar refractivity (Wildman–Crippen MR) is 73.5 cm³/mol. The van der Waals surface area contributed by atoms with Crippen LogP contribution in [0.2, 0.25) is 0 Å². The number of rotatable bonds is 5. The molecule has 2 aromatic rings. The van der Waals surface area contributed by atoms with E-state index >= 15 is 0 Å². The lowest BCUT2D eigenvalue weighted by atomic mass is 10.2. The molecule has 0 aliphatic heterocycles. The second-order valence-corrected chi connectivity index (χ2v) is 4.44. The summed E-state index contributed by atoms with van der Waals surface area (Å²) in [7, 11) is 1.71. The molecule has 1 unspecified atom stereocenters. The van der Waals surface area contributed by atoms with Gasteiger partial charge in [0.25, 0.3) is 0 Å². The summed E-state index contributed by atoms with van der Waals surface area (Å²) in [5, 5.41) is 4.30. The Hall–Kier alpha value is -1.88. The average Bonchev–Trinajstić information content (AvgIpc) is 2.36. The van der Waals surface area contributed by atoms with E-state index in [0.29, 0.717) is 11.6 Å². The van der Waals surface area contributed by atoms with Gasteiger partial charge in [-0.1, -0.05) is 6.92 Å². The number of nitrogens with one attached hydrogen (secondary N) is 1. The summed E-state index contributed by atoms with van der Waals surface area (Å²) in [5.41, 5.74) is 7.30. The smallest absolute Gasteiger partial charge is 0.137 e. The lowest BCUT2D eigenvalue weighted by Gasteiger charge is -2.13. The Morgan fingerprint density at radius 3 is 3.00 bits per heavy atom. The second-order valence-electron chi connectivity index (χ2n) is 4.44. The van der Waals surface area contributed by atoms with Crippen LogP contribution in [0.25, 0.3) is 10.9 Å². The summed E-state index contributed by atoms with van der Waals surface area (Å²) >= 11 is 0. The van der Waals surface area contributed by atoms with Gasteiger partial charge in [-0.15, -0.1) is 0 Å². The van der Waals surface area contributed by atoms with Crippen molar-refractivity contribution >= 4 is 22.4 Å². The zero-order chi connectivity index (χ0) is 13.0. The zero-order valence-corrected chi connectivity index (χ0v) is 10.7. The number of nitrogens with zero attached hydrogens (tertiary/aromatic N) is 2. The van der Waals surface area contributed by atoms with Crippen molar-refractivity contribution in [2.75, 3.05) is 31.3 Å². The van der Waals surface area contributed by atoms with Crippen LogP contribution in [-0.4, -0.2) is 30.2 Å². The number of benzene rings is 1. The van der Waals surface area contributed by atoms with E-state index in [2.05, 4.69) is 22.2 Å². The summed E-state index contributed by atoms with van der Waals surface area (Å²) in [6.07, 6.45) is 1.55. The lowest BCUT2D eigenvalue weighted by molar-refractivity contribution is 0.164. The second kappa shape index (κ2) is 5.64. The Morgan fingerprint density at radius 1 is 1.39 bits per heavy atom. The molecular formula is C13H18N4O. The van der Waals surface area contributed by atoms with Crippen LogP contribution in [-0.2, 0) is 4.74 Å². The van der Waals surface area contributed by atoms with Gasteiger partial charge in [-0.3, -0.25) is 0 Å². The Morgan fingerprint density at radius 2 is 2.22 bits per heavy atom. The predicted octanol–water partition coefficient (Wildman–Crippen LogP) is 1.91. The normalized spacial score (nSPS) is 12.6. The van der Waals surface area contributed by atoms with E-state index < -0.39 is 0 Å². The number of nitrogens with two attached hydrogens (primary N) is 1. The molecule has 0 aliphatic carbocycles. The molecule has 1 heterocycles. The molecule has 1 aromatic carbocycles. The minimum absolute atomic E-state index is 0.425. The van der Waals surface area contributed by atoms with Crippen LogP contribution >= 0.6 is 0 Å². The van der Waals surface area contributed by atoms with Crippen LogP contribution in [0.15, 0.2) is 24.5 Å². The molecule has 18 heavy (non-hydrogen) atoms. The van der Waals surface area contributed by atoms with E-state index in [1.165, 1.54) is 0 Å². The Bertz CT molecular complexity index is 529. The molecule has 0 radical (unpaired) electrons. The lowest BCUT2D eigenvalue weighted by Crippen LogP contribution is -2.16. The van der Waals surface area contributed by atoms with Gasteiger partial charge in [-0.25, -0.2) is 9.97 Å². The molecule has 2 rings (SSSR count). The highest BCUT2D eigenvalue weighted by Crippen LogP contribution is 2.21. The van der Waals surface area contributed by atoms with Crippen LogP contribution in [0, 0.1) is 5.92 Å². The molecule has 96 valence electrons. The van der Waals surface area contributed by atoms with E-state index in [1.807, 2.05) is 18.2 Å². The molecule has 0 bridgehead atoms. The maximum Gasteiger partial charge on any atom is 0.137 e. The molecule has 0 aliphatic rings. The number of hydrogen-bond donors (Lipinski definition) is 2. The number of ether oxygens (including phenoxy) is 1. The van der Waals surface area contributed by atoms with Gasteiger partial charge in [0.1, 0.15) is 12.1 Å². The third kappa shape index (κ3) is 2.87. The Kier molecular flexibility index (Phi) is 3.94. The highest BCUT2D eigenvalue weighted by atomic mass is 16.5. The third-order valence-corrected chi connectivity index (χ3v) is 2.73. The maximum atomic E-state index is 5.74. The van der Waals surface area contributed by atoms with E-state index in [1.54, 1.807) is 13.4 Å². The molecule has 0 saturated heterocycles. The van der Waals surface area contributed by atoms with Crippen LogP contribution in [0.4, 0.5) is 11.5 Å². The average molecular weight is 246 g/mol. The van der Waals surface area contributed by atoms with Crippen molar-refractivity contribution < 1.29 is 4.74 Å². The minimum atomic E-state index is 0.425. The molecule has 5 nitrogen and oxygen atoms in total. The van der Waals surface area contributed by atoms with Gasteiger partial charge < -0.3 is 15.8 Å². The fourth-order valence-electron chi connectivity index (χ4n) is 1.83. The highest BCUT2D eigenvalue weighted by molar-refractivity contribution is 5.90. The number of aromatic nitrogens is 2. The molecule has 5 heteroatoms. The summed E-state index contributed by atoms with van der Waals surface area (Å²) in [6, 6.07) is 5.64. The van der Waals surface area contributed by atoms with Gasteiger partial charge >= 0.3 is 0 Å². The number of hydrogen-bond acceptors (Lipinski definition) is 5. The number of nitrogen functional groups attached to an aromatic ring is 1. The third-order valence-electron chi connectivity index (χ3n) is 2.73. The van der Waals surface area contributed by atoms with Crippen LogP contribution in [0.1, 0.15) is 6.92 Å². The van der Waals surface area contributed by atoms with Crippen molar-refractivity contribution in [2.24, 2.45) is 5.92 Å². The number of methoxy groups -OCH3 is 1. The molecule has 0 spiro atoms. The van der Waals surface area contributed by atoms with Gasteiger partial charge in [0, 0.05) is 24.7 Å². The summed E-state index contributed by atoms with van der Waals surface area (Å²) < 4.78 is 5.11. The standard InChI is InChI=1S/C13H18N4O/c1-9(7-18-2)6-15-13-11-4-3-10(14)5-12(11)16-8-17-13/h3-5,8-9H,6-7,14H2,1-2H3,(H,15,16,17). The SMILES string of the molecule is COCC(C)CNc1ncnc2cc(N)ccc12. The van der Waals surface area contributed by atoms with E-state index in [0.717, 1.165) is 29.9 Å². The molecule has 0 amide bonds. The molecule has 3 N–H and O–H groups in total. The van der Waals surface area contributed by atoms with E-state index in [-0.39, 0.29) is 0 Å². The highest BCUT2D eigenvalue weighted by Gasteiger charge is 2.06. The first-order valence-electron chi connectivity index (χ1n) is 5.93. The number of fused-ring (bicyclic) bond motifs is 1. The van der Waals surface area contributed by atoms with Gasteiger partial charge in [0.05, 0.1) is 12.1 Å². The molecular weight excluding hydrogens is 228 g/mol. The van der Waals surface area contributed by atoms with Crippen LogP contribution in [0.3, 0.4) is 0 Å². The van der Waals surface area contributed by atoms with E-state index in [9.17, 15) is 0 Å².